The van der Waals surface area contributed by atoms with Crippen molar-refractivity contribution in [2.24, 2.45) is 12.5 Å². The standard InChI is InChI=1S/C18H23N3O3/c1-21-11-15(10-19-21)16(18(13-22)8-5-9-18)20-17(23)24-12-14-6-3-2-4-7-14/h2-4,6-7,10-11,16,22H,5,8-9,12-13H2,1H3,(H,20,23). The van der Waals surface area contributed by atoms with Crippen LogP contribution >= 0.6 is 0 Å². The molecule has 0 radical (unpaired) electrons. The van der Waals surface area contributed by atoms with Gasteiger partial charge in [-0.3, -0.25) is 4.68 Å². The lowest BCUT2D eigenvalue weighted by atomic mass is 9.63. The monoisotopic (exact) mass is 329 g/mol. The van der Waals surface area contributed by atoms with Crippen LogP contribution in [0.5, 0.6) is 0 Å². The van der Waals surface area contributed by atoms with Crippen molar-refractivity contribution in [1.29, 1.82) is 0 Å². The van der Waals surface area contributed by atoms with E-state index >= 15 is 0 Å². The quantitative estimate of drug-likeness (QED) is 0.854. The molecule has 0 saturated heterocycles. The first-order valence-corrected chi connectivity index (χ1v) is 8.20. The van der Waals surface area contributed by atoms with E-state index in [2.05, 4.69) is 10.4 Å². The van der Waals surface area contributed by atoms with Gasteiger partial charge in [-0.25, -0.2) is 4.79 Å². The Balaban J connectivity index is 1.68. The molecule has 1 aromatic heterocycles. The first-order chi connectivity index (χ1) is 11.6. The van der Waals surface area contributed by atoms with Crippen molar-refractivity contribution in [3.05, 3.63) is 53.9 Å². The smallest absolute Gasteiger partial charge is 0.407 e. The molecule has 1 heterocycles. The van der Waals surface area contributed by atoms with Crippen LogP contribution < -0.4 is 5.32 Å². The average molecular weight is 329 g/mol. The molecule has 1 atom stereocenters. The lowest BCUT2D eigenvalue weighted by Gasteiger charge is -2.46. The number of nitrogens with one attached hydrogen (secondary N) is 1. The fraction of sp³-hybridized carbons (Fsp3) is 0.444. The summed E-state index contributed by atoms with van der Waals surface area (Å²) < 4.78 is 7.03. The predicted molar refractivity (Wildman–Crippen MR) is 89.1 cm³/mol. The Bertz CT molecular complexity index is 674. The van der Waals surface area contributed by atoms with Crippen LogP contribution in [-0.4, -0.2) is 27.6 Å². The van der Waals surface area contributed by atoms with Crippen molar-refractivity contribution in [1.82, 2.24) is 15.1 Å². The van der Waals surface area contributed by atoms with Crippen LogP contribution in [0.1, 0.15) is 36.4 Å². The molecule has 6 nitrogen and oxygen atoms in total. The number of aliphatic hydroxyl groups excluding tert-OH is 1. The molecule has 1 aliphatic rings. The SMILES string of the molecule is Cn1cc(C(NC(=O)OCc2ccccc2)C2(CO)CCC2)cn1. The van der Waals surface area contributed by atoms with Gasteiger partial charge in [0, 0.05) is 24.2 Å². The highest BCUT2D eigenvalue weighted by molar-refractivity contribution is 5.68. The van der Waals surface area contributed by atoms with E-state index in [0.29, 0.717) is 0 Å². The molecule has 0 aliphatic heterocycles. The van der Waals surface area contributed by atoms with E-state index in [1.807, 2.05) is 43.6 Å². The number of alkyl carbamates (subject to hydrolysis) is 1. The van der Waals surface area contributed by atoms with Gasteiger partial charge in [0.25, 0.3) is 0 Å². The first-order valence-electron chi connectivity index (χ1n) is 8.20. The third-order valence-electron chi connectivity index (χ3n) is 4.81. The number of ether oxygens (including phenoxy) is 1. The van der Waals surface area contributed by atoms with Crippen molar-refractivity contribution in [2.75, 3.05) is 6.61 Å². The maximum absolute atomic E-state index is 12.3. The van der Waals surface area contributed by atoms with Gasteiger partial charge >= 0.3 is 6.09 Å². The van der Waals surface area contributed by atoms with Crippen LogP contribution in [0.4, 0.5) is 4.79 Å². The molecule has 1 aromatic carbocycles. The Morgan fingerprint density at radius 1 is 1.42 bits per heavy atom. The zero-order valence-electron chi connectivity index (χ0n) is 13.8. The van der Waals surface area contributed by atoms with Crippen molar-refractivity contribution >= 4 is 6.09 Å². The van der Waals surface area contributed by atoms with E-state index in [-0.39, 0.29) is 24.7 Å². The number of rotatable bonds is 6. The van der Waals surface area contributed by atoms with Gasteiger partial charge in [0.15, 0.2) is 0 Å². The third kappa shape index (κ3) is 3.43. The van der Waals surface area contributed by atoms with E-state index in [9.17, 15) is 9.90 Å². The molecular formula is C18H23N3O3. The summed E-state index contributed by atoms with van der Waals surface area (Å²) in [6, 6.07) is 9.26. The van der Waals surface area contributed by atoms with E-state index in [4.69, 9.17) is 4.74 Å². The summed E-state index contributed by atoms with van der Waals surface area (Å²) >= 11 is 0. The number of carbonyl (C=O) groups is 1. The van der Waals surface area contributed by atoms with Gasteiger partial charge in [-0.2, -0.15) is 5.10 Å². The zero-order chi connectivity index (χ0) is 17.0. The molecular weight excluding hydrogens is 306 g/mol. The first kappa shape index (κ1) is 16.5. The highest BCUT2D eigenvalue weighted by atomic mass is 16.5. The van der Waals surface area contributed by atoms with E-state index in [0.717, 1.165) is 30.4 Å². The van der Waals surface area contributed by atoms with Crippen LogP contribution in [0, 0.1) is 5.41 Å². The molecule has 128 valence electrons. The molecule has 24 heavy (non-hydrogen) atoms. The minimum Gasteiger partial charge on any atom is -0.445 e. The number of hydrogen-bond acceptors (Lipinski definition) is 4. The van der Waals surface area contributed by atoms with Crippen LogP contribution in [0.15, 0.2) is 42.7 Å². The average Bonchev–Trinajstić information content (AvgIpc) is 2.99. The third-order valence-corrected chi connectivity index (χ3v) is 4.81. The maximum atomic E-state index is 12.3. The number of aliphatic hydroxyl groups is 1. The van der Waals surface area contributed by atoms with Crippen LogP contribution in [0.25, 0.3) is 0 Å². The molecule has 1 fully saturated rings. The highest BCUT2D eigenvalue weighted by Crippen LogP contribution is 2.49. The van der Waals surface area contributed by atoms with Crippen LogP contribution in [-0.2, 0) is 18.4 Å². The molecule has 1 amide bonds. The fourth-order valence-corrected chi connectivity index (χ4v) is 3.23. The van der Waals surface area contributed by atoms with Gasteiger partial charge < -0.3 is 15.2 Å². The number of nitrogens with zero attached hydrogens (tertiary/aromatic N) is 2. The second-order valence-corrected chi connectivity index (χ2v) is 6.46. The summed E-state index contributed by atoms with van der Waals surface area (Å²) in [7, 11) is 1.83. The van der Waals surface area contributed by atoms with Gasteiger partial charge in [0.05, 0.1) is 18.8 Å². The molecule has 6 heteroatoms. The van der Waals surface area contributed by atoms with Gasteiger partial charge in [-0.1, -0.05) is 36.8 Å². The molecule has 0 spiro atoms. The van der Waals surface area contributed by atoms with Crippen molar-refractivity contribution < 1.29 is 14.6 Å². The Labute approximate surface area is 141 Å². The number of carbonyl (C=O) groups excluding carboxylic acids is 1. The van der Waals surface area contributed by atoms with Crippen molar-refractivity contribution in [2.45, 2.75) is 31.9 Å². The number of amides is 1. The molecule has 3 rings (SSSR count). The molecule has 2 aromatic rings. The summed E-state index contributed by atoms with van der Waals surface area (Å²) in [5, 5.41) is 17.0. The predicted octanol–water partition coefficient (Wildman–Crippen LogP) is 2.55. The number of aryl methyl sites for hydroxylation is 1. The lowest BCUT2D eigenvalue weighted by Crippen LogP contribution is -2.47. The van der Waals surface area contributed by atoms with Gasteiger partial charge in [0.2, 0.25) is 0 Å². The van der Waals surface area contributed by atoms with E-state index in [1.54, 1.807) is 10.9 Å². The summed E-state index contributed by atoms with van der Waals surface area (Å²) in [4.78, 5) is 12.3. The number of benzene rings is 1. The van der Waals surface area contributed by atoms with E-state index in [1.165, 1.54) is 0 Å². The summed E-state index contributed by atoms with van der Waals surface area (Å²) in [6.07, 6.45) is 5.94. The normalized spacial score (nSPS) is 16.9. The largest absolute Gasteiger partial charge is 0.445 e. The van der Waals surface area contributed by atoms with Gasteiger partial charge in [0.1, 0.15) is 6.61 Å². The fourth-order valence-electron chi connectivity index (χ4n) is 3.23. The van der Waals surface area contributed by atoms with Crippen LogP contribution in [0.3, 0.4) is 0 Å². The topological polar surface area (TPSA) is 76.4 Å². The van der Waals surface area contributed by atoms with E-state index < -0.39 is 6.09 Å². The molecule has 1 saturated carbocycles. The Hall–Kier alpha value is -2.34. The summed E-state index contributed by atoms with van der Waals surface area (Å²) in [6.45, 7) is 0.254. The lowest BCUT2D eigenvalue weighted by molar-refractivity contribution is 0.00411. The molecule has 0 bridgehead atoms. The maximum Gasteiger partial charge on any atom is 0.407 e. The highest BCUT2D eigenvalue weighted by Gasteiger charge is 2.45. The second kappa shape index (κ2) is 7.05. The minimum absolute atomic E-state index is 0.0333. The molecule has 1 unspecified atom stereocenters. The van der Waals surface area contributed by atoms with Crippen LogP contribution in [0.2, 0.25) is 0 Å². The van der Waals surface area contributed by atoms with Crippen molar-refractivity contribution in [3.63, 3.8) is 0 Å². The minimum atomic E-state index is -0.479. The Morgan fingerprint density at radius 3 is 2.71 bits per heavy atom. The van der Waals surface area contributed by atoms with Crippen molar-refractivity contribution in [3.8, 4) is 0 Å². The number of hydrogen-bond donors (Lipinski definition) is 2. The second-order valence-electron chi connectivity index (χ2n) is 6.46. The van der Waals surface area contributed by atoms with Gasteiger partial charge in [-0.05, 0) is 18.4 Å². The zero-order valence-corrected chi connectivity index (χ0v) is 13.8. The molecule has 2 N–H and O–H groups in total. The number of aromatic nitrogens is 2. The summed E-state index contributed by atoms with van der Waals surface area (Å²) in [5.41, 5.74) is 1.50. The molecule has 1 aliphatic carbocycles. The summed E-state index contributed by atoms with van der Waals surface area (Å²) in [5.74, 6) is 0. The Morgan fingerprint density at radius 2 is 2.17 bits per heavy atom. The van der Waals surface area contributed by atoms with Gasteiger partial charge in [-0.15, -0.1) is 0 Å². The Kier molecular flexibility index (Phi) is 4.85.